The van der Waals surface area contributed by atoms with E-state index in [-0.39, 0.29) is 4.90 Å². The third-order valence-corrected chi connectivity index (χ3v) is 7.31. The van der Waals surface area contributed by atoms with Crippen molar-refractivity contribution in [2.75, 3.05) is 16.2 Å². The van der Waals surface area contributed by atoms with Crippen LogP contribution in [-0.2, 0) is 14.8 Å². The lowest BCUT2D eigenvalue weighted by Crippen LogP contribution is -2.38. The quantitative estimate of drug-likeness (QED) is 0.311. The van der Waals surface area contributed by atoms with Crippen LogP contribution in [0.15, 0.2) is 102 Å². The molecule has 0 aromatic heterocycles. The van der Waals surface area contributed by atoms with Crippen molar-refractivity contribution in [3.05, 3.63) is 114 Å². The summed E-state index contributed by atoms with van der Waals surface area (Å²) < 4.78 is 34.4. The van der Waals surface area contributed by atoms with Crippen LogP contribution in [0.4, 0.5) is 11.4 Å². The summed E-state index contributed by atoms with van der Waals surface area (Å²) in [6.07, 6.45) is 0. The highest BCUT2D eigenvalue weighted by atomic mass is 32.2. The molecular weight excluding hydrogens is 472 g/mol. The van der Waals surface area contributed by atoms with E-state index >= 15 is 0 Å². The number of hydrogen-bond donors (Lipinski definition) is 1. The van der Waals surface area contributed by atoms with Crippen LogP contribution in [-0.4, -0.2) is 20.9 Å². The minimum atomic E-state index is -4.01. The second-order valence-electron chi connectivity index (χ2n) is 8.63. The Kier molecular flexibility index (Phi) is 7.41. The first-order valence-electron chi connectivity index (χ1n) is 11.5. The van der Waals surface area contributed by atoms with Gasteiger partial charge in [-0.05, 0) is 80.4 Å². The number of carbonyl (C=O) groups is 1. The maximum Gasteiger partial charge on any atom is 0.264 e. The lowest BCUT2D eigenvalue weighted by Gasteiger charge is -2.25. The minimum Gasteiger partial charge on any atom is -0.455 e. The van der Waals surface area contributed by atoms with Gasteiger partial charge in [0, 0.05) is 0 Å². The molecule has 7 heteroatoms. The molecule has 1 N–H and O–H groups in total. The molecular formula is C29H28N2O4S. The Morgan fingerprint density at radius 3 is 2.06 bits per heavy atom. The van der Waals surface area contributed by atoms with Crippen LogP contribution < -0.4 is 14.4 Å². The first kappa shape index (κ1) is 25.0. The van der Waals surface area contributed by atoms with E-state index in [1.54, 1.807) is 60.7 Å². The summed E-state index contributed by atoms with van der Waals surface area (Å²) in [6, 6.07) is 28.3. The van der Waals surface area contributed by atoms with Gasteiger partial charge in [0.15, 0.2) is 5.75 Å². The number of benzene rings is 4. The highest BCUT2D eigenvalue weighted by molar-refractivity contribution is 7.92. The van der Waals surface area contributed by atoms with Gasteiger partial charge in [-0.2, -0.15) is 0 Å². The molecule has 0 aliphatic heterocycles. The molecule has 184 valence electrons. The third kappa shape index (κ3) is 5.93. The Hall–Kier alpha value is -4.10. The van der Waals surface area contributed by atoms with Crippen molar-refractivity contribution in [3.63, 3.8) is 0 Å². The molecule has 0 atom stereocenters. The Morgan fingerprint density at radius 1 is 0.778 bits per heavy atom. The zero-order valence-electron chi connectivity index (χ0n) is 20.4. The fourth-order valence-electron chi connectivity index (χ4n) is 3.84. The molecule has 0 bridgehead atoms. The normalized spacial score (nSPS) is 11.1. The van der Waals surface area contributed by atoms with Crippen molar-refractivity contribution < 1.29 is 17.9 Å². The molecule has 6 nitrogen and oxygen atoms in total. The molecule has 4 rings (SSSR count). The van der Waals surface area contributed by atoms with Gasteiger partial charge < -0.3 is 10.1 Å². The number of aryl methyl sites for hydroxylation is 3. The lowest BCUT2D eigenvalue weighted by molar-refractivity contribution is -0.114. The second kappa shape index (κ2) is 10.7. The smallest absolute Gasteiger partial charge is 0.264 e. The Labute approximate surface area is 212 Å². The Morgan fingerprint density at radius 2 is 1.39 bits per heavy atom. The molecule has 0 saturated heterocycles. The first-order chi connectivity index (χ1) is 17.2. The maximum atomic E-state index is 13.7. The number of sulfonamides is 1. The number of hydrogen-bond acceptors (Lipinski definition) is 4. The van der Waals surface area contributed by atoms with E-state index in [4.69, 9.17) is 4.74 Å². The van der Waals surface area contributed by atoms with Crippen LogP contribution in [0, 0.1) is 20.8 Å². The Bertz CT molecular complexity index is 1450. The summed E-state index contributed by atoms with van der Waals surface area (Å²) >= 11 is 0. The molecule has 0 spiro atoms. The zero-order chi connectivity index (χ0) is 25.7. The summed E-state index contributed by atoms with van der Waals surface area (Å²) in [5, 5.41) is 2.82. The van der Waals surface area contributed by atoms with E-state index in [9.17, 15) is 13.2 Å². The SMILES string of the molecule is Cc1ccc(S(=O)(=O)N(CC(=O)Nc2ccccc2Oc2ccccc2)c2cc(C)cc(C)c2)cc1. The number of carbonyl (C=O) groups excluding carboxylic acids is 1. The fourth-order valence-corrected chi connectivity index (χ4v) is 5.25. The van der Waals surface area contributed by atoms with Crippen LogP contribution in [0.5, 0.6) is 11.5 Å². The molecule has 1 amide bonds. The molecule has 0 aliphatic rings. The summed E-state index contributed by atoms with van der Waals surface area (Å²) in [7, 11) is -4.01. The number of nitrogens with zero attached hydrogens (tertiary/aromatic N) is 1. The van der Waals surface area contributed by atoms with Crippen molar-refractivity contribution in [1.82, 2.24) is 0 Å². The molecule has 0 aliphatic carbocycles. The van der Waals surface area contributed by atoms with Crippen molar-refractivity contribution in [2.24, 2.45) is 0 Å². The van der Waals surface area contributed by atoms with Crippen LogP contribution in [0.1, 0.15) is 16.7 Å². The number of nitrogens with one attached hydrogen (secondary N) is 1. The van der Waals surface area contributed by atoms with Crippen LogP contribution in [0.25, 0.3) is 0 Å². The van der Waals surface area contributed by atoms with Crippen LogP contribution >= 0.6 is 0 Å². The van der Waals surface area contributed by atoms with Crippen molar-refractivity contribution >= 4 is 27.3 Å². The van der Waals surface area contributed by atoms with Gasteiger partial charge in [0.2, 0.25) is 5.91 Å². The first-order valence-corrected chi connectivity index (χ1v) is 13.0. The van der Waals surface area contributed by atoms with Crippen molar-refractivity contribution in [2.45, 2.75) is 25.7 Å². The molecule has 36 heavy (non-hydrogen) atoms. The third-order valence-electron chi connectivity index (χ3n) is 5.52. The molecule has 4 aromatic carbocycles. The van der Waals surface area contributed by atoms with Gasteiger partial charge in [0.1, 0.15) is 12.3 Å². The molecule has 0 saturated carbocycles. The second-order valence-corrected chi connectivity index (χ2v) is 10.5. The standard InChI is InChI=1S/C29H28N2O4S/c1-21-13-15-26(16-14-21)36(33,34)31(24-18-22(2)17-23(3)19-24)20-29(32)30-27-11-7-8-12-28(27)35-25-9-5-4-6-10-25/h4-19H,20H2,1-3H3,(H,30,32). The van der Waals surface area contributed by atoms with Gasteiger partial charge in [0.05, 0.1) is 16.3 Å². The molecule has 0 radical (unpaired) electrons. The maximum absolute atomic E-state index is 13.7. The fraction of sp³-hybridized carbons (Fsp3) is 0.138. The highest BCUT2D eigenvalue weighted by Gasteiger charge is 2.28. The van der Waals surface area contributed by atoms with E-state index in [2.05, 4.69) is 5.32 Å². The molecule has 0 fully saturated rings. The predicted molar refractivity (Wildman–Crippen MR) is 143 cm³/mol. The Balaban J connectivity index is 1.65. The van der Waals surface area contributed by atoms with Crippen molar-refractivity contribution in [3.8, 4) is 11.5 Å². The summed E-state index contributed by atoms with van der Waals surface area (Å²) in [5.41, 5.74) is 3.61. The number of rotatable bonds is 8. The number of amides is 1. The number of ether oxygens (including phenoxy) is 1. The van der Waals surface area contributed by atoms with Gasteiger partial charge in [-0.3, -0.25) is 9.10 Å². The van der Waals surface area contributed by atoms with Crippen LogP contribution in [0.3, 0.4) is 0 Å². The van der Waals surface area contributed by atoms with E-state index in [0.717, 1.165) is 21.0 Å². The minimum absolute atomic E-state index is 0.118. The van der Waals surface area contributed by atoms with E-state index in [0.29, 0.717) is 22.9 Å². The van der Waals surface area contributed by atoms with Crippen LogP contribution in [0.2, 0.25) is 0 Å². The zero-order valence-corrected chi connectivity index (χ0v) is 21.2. The van der Waals surface area contributed by atoms with Gasteiger partial charge >= 0.3 is 0 Å². The number of para-hydroxylation sites is 3. The monoisotopic (exact) mass is 500 g/mol. The van der Waals surface area contributed by atoms with Gasteiger partial charge in [-0.25, -0.2) is 8.42 Å². The van der Waals surface area contributed by atoms with Gasteiger partial charge in [-0.1, -0.05) is 54.1 Å². The topological polar surface area (TPSA) is 75.7 Å². The largest absolute Gasteiger partial charge is 0.455 e. The lowest BCUT2D eigenvalue weighted by atomic mass is 10.1. The summed E-state index contributed by atoms with van der Waals surface area (Å²) in [4.78, 5) is 13.3. The average molecular weight is 501 g/mol. The van der Waals surface area contributed by atoms with Gasteiger partial charge in [-0.15, -0.1) is 0 Å². The highest BCUT2D eigenvalue weighted by Crippen LogP contribution is 2.30. The van der Waals surface area contributed by atoms with E-state index < -0.39 is 22.5 Å². The number of anilines is 2. The van der Waals surface area contributed by atoms with Crippen molar-refractivity contribution in [1.29, 1.82) is 0 Å². The van der Waals surface area contributed by atoms with Gasteiger partial charge in [0.25, 0.3) is 10.0 Å². The predicted octanol–water partition coefficient (Wildman–Crippen LogP) is 6.24. The summed E-state index contributed by atoms with van der Waals surface area (Å²) in [5.74, 6) is 0.586. The van der Waals surface area contributed by atoms with E-state index in [1.165, 1.54) is 0 Å². The molecule has 0 heterocycles. The molecule has 0 unspecified atom stereocenters. The summed E-state index contributed by atoms with van der Waals surface area (Å²) in [6.45, 7) is 5.27. The molecule has 4 aromatic rings. The average Bonchev–Trinajstić information content (AvgIpc) is 2.84. The van der Waals surface area contributed by atoms with E-state index in [1.807, 2.05) is 57.2 Å².